The van der Waals surface area contributed by atoms with E-state index in [1.807, 2.05) is 24.3 Å². The van der Waals surface area contributed by atoms with Crippen LogP contribution >= 0.6 is 0 Å². The molecule has 0 aliphatic carbocycles. The van der Waals surface area contributed by atoms with Crippen molar-refractivity contribution in [3.05, 3.63) is 24.3 Å². The van der Waals surface area contributed by atoms with Crippen molar-refractivity contribution in [2.75, 3.05) is 44.7 Å². The first-order chi connectivity index (χ1) is 15.2. The van der Waals surface area contributed by atoms with Gasteiger partial charge in [0.15, 0.2) is 0 Å². The van der Waals surface area contributed by atoms with Crippen molar-refractivity contribution in [2.24, 2.45) is 0 Å². The first kappa shape index (κ1) is 25.5. The number of quaternary nitrogens is 1. The Morgan fingerprint density at radius 1 is 0.871 bits per heavy atom. The molecule has 2 rings (SSSR count). The summed E-state index contributed by atoms with van der Waals surface area (Å²) in [5.41, 5.74) is 0.685. The smallest absolute Gasteiger partial charge is 0.411 e. The van der Waals surface area contributed by atoms with Crippen molar-refractivity contribution in [1.82, 2.24) is 0 Å². The summed E-state index contributed by atoms with van der Waals surface area (Å²) in [6.07, 6.45) is 13.4. The second kappa shape index (κ2) is 15.1. The van der Waals surface area contributed by atoms with Crippen LogP contribution in [0.1, 0.15) is 84.5 Å². The van der Waals surface area contributed by atoms with Crippen LogP contribution in [0.3, 0.4) is 0 Å². The minimum atomic E-state index is -0.386. The predicted molar refractivity (Wildman–Crippen MR) is 129 cm³/mol. The van der Waals surface area contributed by atoms with Crippen LogP contribution in [0.15, 0.2) is 24.3 Å². The Morgan fingerprint density at radius 2 is 1.58 bits per heavy atom. The highest BCUT2D eigenvalue weighted by atomic mass is 16.5. The topological polar surface area (TPSA) is 47.6 Å². The van der Waals surface area contributed by atoms with Crippen molar-refractivity contribution >= 4 is 11.8 Å². The molecule has 31 heavy (non-hydrogen) atoms. The summed E-state index contributed by atoms with van der Waals surface area (Å²) in [6.45, 7) is 10.2. The van der Waals surface area contributed by atoms with Gasteiger partial charge in [-0.15, -0.1) is 0 Å². The molecule has 5 heteroatoms. The third kappa shape index (κ3) is 9.94. The Bertz CT molecular complexity index is 614. The number of carbonyl (C=O) groups is 1. The lowest BCUT2D eigenvalue weighted by atomic mass is 10.1. The fourth-order valence-electron chi connectivity index (χ4n) is 4.50. The fraction of sp³-hybridized carbons (Fsp3) is 0.731. The average molecular weight is 434 g/mol. The van der Waals surface area contributed by atoms with Crippen LogP contribution in [0, 0.1) is 0 Å². The molecular weight excluding hydrogens is 388 g/mol. The molecule has 1 saturated heterocycles. The van der Waals surface area contributed by atoms with E-state index in [4.69, 9.17) is 9.47 Å². The lowest BCUT2D eigenvalue weighted by Crippen LogP contribution is -2.54. The molecule has 1 aromatic carbocycles. The van der Waals surface area contributed by atoms with E-state index in [2.05, 4.69) is 19.2 Å². The highest BCUT2D eigenvalue weighted by Gasteiger charge is 2.29. The van der Waals surface area contributed by atoms with E-state index in [1.165, 1.54) is 83.8 Å². The monoisotopic (exact) mass is 433 g/mol. The zero-order valence-corrected chi connectivity index (χ0v) is 20.0. The number of anilines is 1. The van der Waals surface area contributed by atoms with Gasteiger partial charge in [-0.3, -0.25) is 5.32 Å². The molecule has 1 fully saturated rings. The first-order valence-corrected chi connectivity index (χ1v) is 12.7. The van der Waals surface area contributed by atoms with Crippen LogP contribution in [0.2, 0.25) is 0 Å². The Morgan fingerprint density at radius 3 is 2.32 bits per heavy atom. The standard InChI is InChI=1S/C26H44N2O3/c1-3-5-7-12-18-28(19-13-9-14-20-28)21-23-31-26(29)27-24-16-10-11-17-25(24)30-22-15-8-6-4-2/h10-11,16-17H,3-9,12-15,18-23H2,1-2H3/p+1. The normalized spacial score (nSPS) is 15.4. The van der Waals surface area contributed by atoms with Gasteiger partial charge in [0.25, 0.3) is 0 Å². The molecule has 1 N–H and O–H groups in total. The van der Waals surface area contributed by atoms with Crippen LogP contribution in [0.5, 0.6) is 5.75 Å². The number of rotatable bonds is 15. The van der Waals surface area contributed by atoms with E-state index in [9.17, 15) is 4.79 Å². The number of para-hydroxylation sites is 2. The van der Waals surface area contributed by atoms with Gasteiger partial charge in [0.05, 0.1) is 31.9 Å². The third-order valence-electron chi connectivity index (χ3n) is 6.43. The quantitative estimate of drug-likeness (QED) is 0.245. The largest absolute Gasteiger partial charge is 0.491 e. The van der Waals surface area contributed by atoms with Gasteiger partial charge < -0.3 is 14.0 Å². The molecule has 1 aliphatic heterocycles. The maximum atomic E-state index is 12.4. The zero-order chi connectivity index (χ0) is 22.2. The molecule has 0 atom stereocenters. The number of likely N-dealkylation sites (tertiary alicyclic amines) is 1. The molecule has 0 aromatic heterocycles. The highest BCUT2D eigenvalue weighted by molar-refractivity contribution is 5.86. The van der Waals surface area contributed by atoms with Crippen molar-refractivity contribution in [1.29, 1.82) is 0 Å². The van der Waals surface area contributed by atoms with E-state index in [-0.39, 0.29) is 6.09 Å². The number of carbonyl (C=O) groups excluding carboxylic acids is 1. The molecule has 0 unspecified atom stereocenters. The lowest BCUT2D eigenvalue weighted by Gasteiger charge is -2.41. The zero-order valence-electron chi connectivity index (χ0n) is 20.0. The summed E-state index contributed by atoms with van der Waals surface area (Å²) in [6, 6.07) is 7.61. The maximum absolute atomic E-state index is 12.4. The number of hydrogen-bond acceptors (Lipinski definition) is 3. The Hall–Kier alpha value is -1.75. The molecule has 1 aromatic rings. The highest BCUT2D eigenvalue weighted by Crippen LogP contribution is 2.24. The average Bonchev–Trinajstić information content (AvgIpc) is 2.78. The van der Waals surface area contributed by atoms with Crippen LogP contribution in [0.25, 0.3) is 0 Å². The number of piperidine rings is 1. The lowest BCUT2D eigenvalue weighted by molar-refractivity contribution is -0.932. The molecule has 1 heterocycles. The minimum absolute atomic E-state index is 0.386. The summed E-state index contributed by atoms with van der Waals surface area (Å²) < 4.78 is 12.6. The Labute approximate surface area is 190 Å². The van der Waals surface area contributed by atoms with E-state index in [1.54, 1.807) is 0 Å². The summed E-state index contributed by atoms with van der Waals surface area (Å²) in [5, 5.41) is 2.88. The van der Waals surface area contributed by atoms with Gasteiger partial charge >= 0.3 is 6.09 Å². The van der Waals surface area contributed by atoms with Crippen molar-refractivity contribution in [3.63, 3.8) is 0 Å². The molecular formula is C26H45N2O3+. The van der Waals surface area contributed by atoms with E-state index in [0.717, 1.165) is 17.4 Å². The molecule has 0 saturated carbocycles. The SMILES string of the molecule is CCCCCCOc1ccccc1NC(=O)OCC[N+]1(CCCCCC)CCCCC1. The van der Waals surface area contributed by atoms with Crippen molar-refractivity contribution in [3.8, 4) is 5.75 Å². The van der Waals surface area contributed by atoms with Crippen molar-refractivity contribution < 1.29 is 18.8 Å². The van der Waals surface area contributed by atoms with Gasteiger partial charge in [0, 0.05) is 0 Å². The molecule has 176 valence electrons. The Kier molecular flexibility index (Phi) is 12.4. The number of unbranched alkanes of at least 4 members (excludes halogenated alkanes) is 6. The van der Waals surface area contributed by atoms with Crippen LogP contribution in [0.4, 0.5) is 10.5 Å². The van der Waals surface area contributed by atoms with Gasteiger partial charge in [-0.05, 0) is 50.7 Å². The predicted octanol–water partition coefficient (Wildman–Crippen LogP) is 6.78. The number of amides is 1. The minimum Gasteiger partial charge on any atom is -0.491 e. The summed E-state index contributed by atoms with van der Waals surface area (Å²) in [4.78, 5) is 12.4. The number of ether oxygens (including phenoxy) is 2. The number of hydrogen-bond donors (Lipinski definition) is 1. The summed E-state index contributed by atoms with van der Waals surface area (Å²) in [5.74, 6) is 0.714. The van der Waals surface area contributed by atoms with Crippen molar-refractivity contribution in [2.45, 2.75) is 84.5 Å². The molecule has 0 spiro atoms. The fourth-order valence-corrected chi connectivity index (χ4v) is 4.50. The van der Waals surface area contributed by atoms with E-state index < -0.39 is 0 Å². The Balaban J connectivity index is 1.77. The van der Waals surface area contributed by atoms with E-state index >= 15 is 0 Å². The molecule has 0 bridgehead atoms. The number of benzene rings is 1. The second-order valence-corrected chi connectivity index (χ2v) is 9.02. The second-order valence-electron chi connectivity index (χ2n) is 9.02. The molecule has 1 aliphatic rings. The maximum Gasteiger partial charge on any atom is 0.411 e. The molecule has 5 nitrogen and oxygen atoms in total. The third-order valence-corrected chi connectivity index (χ3v) is 6.43. The number of nitrogens with zero attached hydrogens (tertiary/aromatic N) is 1. The van der Waals surface area contributed by atoms with Crippen LogP contribution < -0.4 is 10.1 Å². The number of nitrogens with one attached hydrogen (secondary N) is 1. The van der Waals surface area contributed by atoms with Crippen LogP contribution in [-0.2, 0) is 4.74 Å². The van der Waals surface area contributed by atoms with E-state index in [0.29, 0.717) is 24.7 Å². The first-order valence-electron chi connectivity index (χ1n) is 12.7. The molecule has 1 amide bonds. The van der Waals surface area contributed by atoms with Gasteiger partial charge in [0.1, 0.15) is 18.9 Å². The van der Waals surface area contributed by atoms with Gasteiger partial charge in [-0.1, -0.05) is 58.1 Å². The van der Waals surface area contributed by atoms with Gasteiger partial charge in [-0.2, -0.15) is 0 Å². The van der Waals surface area contributed by atoms with Gasteiger partial charge in [0.2, 0.25) is 0 Å². The van der Waals surface area contributed by atoms with Crippen LogP contribution in [-0.4, -0.2) is 50.0 Å². The molecule has 0 radical (unpaired) electrons. The summed E-state index contributed by atoms with van der Waals surface area (Å²) in [7, 11) is 0. The summed E-state index contributed by atoms with van der Waals surface area (Å²) >= 11 is 0. The van der Waals surface area contributed by atoms with Gasteiger partial charge in [-0.25, -0.2) is 4.79 Å².